The molecular formula is C17H19N3O2S. The molecule has 1 aromatic heterocycles. The van der Waals surface area contributed by atoms with E-state index in [1.54, 1.807) is 4.90 Å². The highest BCUT2D eigenvalue weighted by Crippen LogP contribution is 2.28. The summed E-state index contributed by atoms with van der Waals surface area (Å²) in [4.78, 5) is 31.3. The Morgan fingerprint density at radius 2 is 2.17 bits per heavy atom. The van der Waals surface area contributed by atoms with E-state index >= 15 is 0 Å². The second-order valence-corrected chi connectivity index (χ2v) is 6.51. The van der Waals surface area contributed by atoms with Gasteiger partial charge >= 0.3 is 0 Å². The SMILES string of the molecule is CCc1ccccc1N1CC(C(=O)N=c2sccn2C)CC1=O. The van der Waals surface area contributed by atoms with Gasteiger partial charge in [-0.3, -0.25) is 9.59 Å². The largest absolute Gasteiger partial charge is 0.327 e. The molecule has 0 bridgehead atoms. The number of aromatic nitrogens is 1. The third-order valence-electron chi connectivity index (χ3n) is 4.10. The fraction of sp³-hybridized carbons (Fsp3) is 0.353. The number of rotatable bonds is 3. The first-order valence-corrected chi connectivity index (χ1v) is 8.55. The molecule has 2 heterocycles. The fourth-order valence-corrected chi connectivity index (χ4v) is 3.53. The molecule has 0 saturated carbocycles. The number of amides is 2. The summed E-state index contributed by atoms with van der Waals surface area (Å²) in [5.41, 5.74) is 2.03. The highest BCUT2D eigenvalue weighted by molar-refractivity contribution is 7.07. The van der Waals surface area contributed by atoms with Gasteiger partial charge in [0.2, 0.25) is 5.91 Å². The number of anilines is 1. The van der Waals surface area contributed by atoms with Crippen LogP contribution in [0.15, 0.2) is 40.8 Å². The van der Waals surface area contributed by atoms with E-state index in [4.69, 9.17) is 0 Å². The Hall–Kier alpha value is -2.21. The molecule has 2 amide bonds. The van der Waals surface area contributed by atoms with Crippen LogP contribution in [0, 0.1) is 5.92 Å². The van der Waals surface area contributed by atoms with Gasteiger partial charge in [0, 0.05) is 37.3 Å². The molecule has 1 saturated heterocycles. The van der Waals surface area contributed by atoms with E-state index in [1.807, 2.05) is 47.5 Å². The van der Waals surface area contributed by atoms with Gasteiger partial charge in [-0.15, -0.1) is 11.3 Å². The molecular weight excluding hydrogens is 310 g/mol. The zero-order valence-electron chi connectivity index (χ0n) is 13.2. The smallest absolute Gasteiger partial charge is 0.253 e. The summed E-state index contributed by atoms with van der Waals surface area (Å²) in [7, 11) is 1.85. The molecule has 1 atom stereocenters. The lowest BCUT2D eigenvalue weighted by atomic mass is 10.1. The molecule has 5 nitrogen and oxygen atoms in total. The summed E-state index contributed by atoms with van der Waals surface area (Å²) >= 11 is 1.42. The molecule has 1 aliphatic rings. The average molecular weight is 329 g/mol. The second-order valence-electron chi connectivity index (χ2n) is 5.63. The minimum Gasteiger partial charge on any atom is -0.327 e. The average Bonchev–Trinajstić information content (AvgIpc) is 3.13. The van der Waals surface area contributed by atoms with Crippen LogP contribution in [-0.2, 0) is 23.1 Å². The summed E-state index contributed by atoms with van der Waals surface area (Å²) < 4.78 is 1.81. The molecule has 0 radical (unpaired) electrons. The number of benzene rings is 1. The van der Waals surface area contributed by atoms with Gasteiger partial charge in [0.1, 0.15) is 0 Å². The van der Waals surface area contributed by atoms with Crippen LogP contribution in [0.25, 0.3) is 0 Å². The molecule has 6 heteroatoms. The molecule has 0 N–H and O–H groups in total. The number of nitrogens with zero attached hydrogens (tertiary/aromatic N) is 3. The topological polar surface area (TPSA) is 54.7 Å². The van der Waals surface area contributed by atoms with Crippen LogP contribution in [-0.4, -0.2) is 22.9 Å². The van der Waals surface area contributed by atoms with Crippen molar-refractivity contribution >= 4 is 28.8 Å². The van der Waals surface area contributed by atoms with Crippen molar-refractivity contribution < 1.29 is 9.59 Å². The summed E-state index contributed by atoms with van der Waals surface area (Å²) in [6.07, 6.45) is 2.95. The standard InChI is InChI=1S/C17H19N3O2S/c1-3-12-6-4-5-7-14(12)20-11-13(10-15(20)21)16(22)18-17-19(2)8-9-23-17/h4-9,13H,3,10-11H2,1-2H3. The maximum absolute atomic E-state index is 12.4. The highest BCUT2D eigenvalue weighted by Gasteiger charge is 2.35. The lowest BCUT2D eigenvalue weighted by molar-refractivity contribution is -0.123. The first-order chi connectivity index (χ1) is 11.1. The predicted molar refractivity (Wildman–Crippen MR) is 90.1 cm³/mol. The molecule has 0 spiro atoms. The van der Waals surface area contributed by atoms with Gasteiger partial charge in [-0.25, -0.2) is 0 Å². The van der Waals surface area contributed by atoms with Gasteiger partial charge in [0.25, 0.3) is 5.91 Å². The van der Waals surface area contributed by atoms with Crippen molar-refractivity contribution in [3.63, 3.8) is 0 Å². The summed E-state index contributed by atoms with van der Waals surface area (Å²) in [6.45, 7) is 2.47. The normalized spacial score (nSPS) is 18.7. The van der Waals surface area contributed by atoms with Crippen molar-refractivity contribution in [2.45, 2.75) is 19.8 Å². The van der Waals surface area contributed by atoms with E-state index in [0.29, 0.717) is 11.3 Å². The van der Waals surface area contributed by atoms with Crippen molar-refractivity contribution in [1.82, 2.24) is 4.57 Å². The molecule has 3 rings (SSSR count). The van der Waals surface area contributed by atoms with E-state index in [-0.39, 0.29) is 24.2 Å². The highest BCUT2D eigenvalue weighted by atomic mass is 32.1. The molecule has 1 aliphatic heterocycles. The quantitative estimate of drug-likeness (QED) is 0.866. The molecule has 120 valence electrons. The number of hydrogen-bond acceptors (Lipinski definition) is 3. The molecule has 1 unspecified atom stereocenters. The van der Waals surface area contributed by atoms with Crippen LogP contribution in [0.2, 0.25) is 0 Å². The minimum atomic E-state index is -0.366. The summed E-state index contributed by atoms with van der Waals surface area (Å²) in [6, 6.07) is 7.86. The maximum Gasteiger partial charge on any atom is 0.253 e. The summed E-state index contributed by atoms with van der Waals surface area (Å²) in [5, 5.41) is 1.88. The van der Waals surface area contributed by atoms with Gasteiger partial charge in [0.15, 0.2) is 4.80 Å². The second kappa shape index (κ2) is 6.50. The first-order valence-electron chi connectivity index (χ1n) is 7.67. The van der Waals surface area contributed by atoms with Crippen molar-refractivity contribution in [3.8, 4) is 0 Å². The number of hydrogen-bond donors (Lipinski definition) is 0. The lowest BCUT2D eigenvalue weighted by Crippen LogP contribution is -2.27. The van der Waals surface area contributed by atoms with E-state index in [2.05, 4.69) is 11.9 Å². The lowest BCUT2D eigenvalue weighted by Gasteiger charge is -2.19. The van der Waals surface area contributed by atoms with Crippen LogP contribution in [0.1, 0.15) is 18.9 Å². The van der Waals surface area contributed by atoms with E-state index < -0.39 is 0 Å². The Balaban J connectivity index is 1.83. The molecule has 0 aliphatic carbocycles. The first kappa shape index (κ1) is 15.7. The Morgan fingerprint density at radius 1 is 1.39 bits per heavy atom. The van der Waals surface area contributed by atoms with Gasteiger partial charge in [-0.05, 0) is 18.1 Å². The Bertz CT molecular complexity index is 806. The minimum absolute atomic E-state index is 0.00463. The molecule has 2 aromatic rings. The number of thiazole rings is 1. The zero-order chi connectivity index (χ0) is 16.4. The third-order valence-corrected chi connectivity index (χ3v) is 4.95. The van der Waals surface area contributed by atoms with Crippen molar-refractivity contribution in [3.05, 3.63) is 46.2 Å². The van der Waals surface area contributed by atoms with Gasteiger partial charge in [0.05, 0.1) is 5.92 Å². The van der Waals surface area contributed by atoms with Crippen molar-refractivity contribution in [1.29, 1.82) is 0 Å². The third kappa shape index (κ3) is 3.12. The van der Waals surface area contributed by atoms with Crippen LogP contribution >= 0.6 is 11.3 Å². The number of carbonyl (C=O) groups is 2. The van der Waals surface area contributed by atoms with Crippen molar-refractivity contribution in [2.75, 3.05) is 11.4 Å². The summed E-state index contributed by atoms with van der Waals surface area (Å²) in [5.74, 6) is -0.586. The van der Waals surface area contributed by atoms with Gasteiger partial charge < -0.3 is 9.47 Å². The van der Waals surface area contributed by atoms with E-state index in [9.17, 15) is 9.59 Å². The van der Waals surface area contributed by atoms with Gasteiger partial charge in [-0.1, -0.05) is 25.1 Å². The predicted octanol–water partition coefficient (Wildman–Crippen LogP) is 2.13. The number of para-hydroxylation sites is 1. The molecule has 1 aromatic carbocycles. The monoisotopic (exact) mass is 329 g/mol. The van der Waals surface area contributed by atoms with Gasteiger partial charge in [-0.2, -0.15) is 4.99 Å². The van der Waals surface area contributed by atoms with Crippen molar-refractivity contribution in [2.24, 2.45) is 18.0 Å². The fourth-order valence-electron chi connectivity index (χ4n) is 2.80. The Labute approximate surface area is 138 Å². The van der Waals surface area contributed by atoms with Crippen LogP contribution < -0.4 is 9.70 Å². The van der Waals surface area contributed by atoms with Crippen LogP contribution in [0.5, 0.6) is 0 Å². The Kier molecular flexibility index (Phi) is 4.43. The number of carbonyl (C=O) groups excluding carboxylic acids is 2. The Morgan fingerprint density at radius 3 is 2.87 bits per heavy atom. The molecule has 1 fully saturated rings. The maximum atomic E-state index is 12.4. The zero-order valence-corrected chi connectivity index (χ0v) is 14.0. The van der Waals surface area contributed by atoms with Crippen LogP contribution in [0.4, 0.5) is 5.69 Å². The van der Waals surface area contributed by atoms with E-state index in [0.717, 1.165) is 17.7 Å². The van der Waals surface area contributed by atoms with Crippen LogP contribution in [0.3, 0.4) is 0 Å². The van der Waals surface area contributed by atoms with E-state index in [1.165, 1.54) is 11.3 Å². The number of aryl methyl sites for hydroxylation is 2. The molecule has 23 heavy (non-hydrogen) atoms.